The van der Waals surface area contributed by atoms with E-state index in [-0.39, 0.29) is 5.97 Å². The first-order chi connectivity index (χ1) is 14.7. The summed E-state index contributed by atoms with van der Waals surface area (Å²) >= 11 is 0. The van der Waals surface area contributed by atoms with E-state index in [4.69, 9.17) is 9.47 Å². The normalized spacial score (nSPS) is 21.5. The van der Waals surface area contributed by atoms with E-state index in [2.05, 4.69) is 23.1 Å². The molecule has 0 aliphatic carbocycles. The molecular formula is C26H23NO3. The Hall–Kier alpha value is -3.27. The van der Waals surface area contributed by atoms with Crippen molar-refractivity contribution in [3.63, 3.8) is 0 Å². The van der Waals surface area contributed by atoms with Gasteiger partial charge in [-0.2, -0.15) is 0 Å². The van der Waals surface area contributed by atoms with Crippen LogP contribution in [0.25, 0.3) is 0 Å². The molecular weight excluding hydrogens is 374 g/mol. The number of benzene rings is 3. The Morgan fingerprint density at radius 1 is 0.867 bits per heavy atom. The van der Waals surface area contributed by atoms with Crippen LogP contribution < -0.4 is 9.64 Å². The zero-order chi connectivity index (χ0) is 20.3. The average molecular weight is 397 g/mol. The molecule has 3 heterocycles. The van der Waals surface area contributed by atoms with Gasteiger partial charge in [-0.25, -0.2) is 4.79 Å². The molecule has 6 rings (SSSR count). The van der Waals surface area contributed by atoms with Crippen molar-refractivity contribution >= 4 is 11.7 Å². The van der Waals surface area contributed by atoms with Gasteiger partial charge in [0.05, 0.1) is 11.1 Å². The molecule has 150 valence electrons. The summed E-state index contributed by atoms with van der Waals surface area (Å²) in [4.78, 5) is 15.3. The first-order valence-electron chi connectivity index (χ1n) is 10.7. The second-order valence-corrected chi connectivity index (χ2v) is 8.39. The molecule has 30 heavy (non-hydrogen) atoms. The Kier molecular flexibility index (Phi) is 3.73. The minimum Gasteiger partial charge on any atom is -0.456 e. The molecule has 0 saturated carbocycles. The number of ether oxygens (including phenoxy) is 2. The van der Waals surface area contributed by atoms with Gasteiger partial charge in [0.15, 0.2) is 5.60 Å². The molecule has 0 N–H and O–H groups in total. The van der Waals surface area contributed by atoms with Crippen LogP contribution >= 0.6 is 0 Å². The molecule has 3 aromatic carbocycles. The van der Waals surface area contributed by atoms with E-state index in [9.17, 15) is 4.79 Å². The molecule has 1 spiro atoms. The summed E-state index contributed by atoms with van der Waals surface area (Å²) in [5.74, 6) is 1.23. The van der Waals surface area contributed by atoms with E-state index in [0.717, 1.165) is 52.5 Å². The molecule has 4 heteroatoms. The molecule has 0 bridgehead atoms. The number of hydrogen-bond acceptors (Lipinski definition) is 4. The van der Waals surface area contributed by atoms with E-state index in [1.54, 1.807) is 0 Å². The third-order valence-corrected chi connectivity index (χ3v) is 6.64. The quantitative estimate of drug-likeness (QED) is 0.505. The third kappa shape index (κ3) is 2.30. The van der Waals surface area contributed by atoms with Crippen LogP contribution in [-0.2, 0) is 10.3 Å². The number of carbonyl (C=O) groups is 1. The van der Waals surface area contributed by atoms with Crippen LogP contribution in [0.5, 0.6) is 11.5 Å². The van der Waals surface area contributed by atoms with Gasteiger partial charge < -0.3 is 14.4 Å². The van der Waals surface area contributed by atoms with Crippen LogP contribution in [-0.4, -0.2) is 19.1 Å². The Morgan fingerprint density at radius 2 is 1.70 bits per heavy atom. The summed E-state index contributed by atoms with van der Waals surface area (Å²) < 4.78 is 12.7. The summed E-state index contributed by atoms with van der Waals surface area (Å²) in [5, 5.41) is 0. The summed E-state index contributed by atoms with van der Waals surface area (Å²) in [5.41, 5.74) is 4.56. The fourth-order valence-electron chi connectivity index (χ4n) is 5.27. The van der Waals surface area contributed by atoms with Gasteiger partial charge in [0, 0.05) is 36.0 Å². The number of esters is 1. The number of hydrogen-bond donors (Lipinski definition) is 0. The number of nitrogens with zero attached hydrogens (tertiary/aromatic N) is 1. The van der Waals surface area contributed by atoms with E-state index < -0.39 is 5.60 Å². The highest BCUT2D eigenvalue weighted by atomic mass is 16.6. The van der Waals surface area contributed by atoms with E-state index in [1.165, 1.54) is 19.3 Å². The van der Waals surface area contributed by atoms with Crippen molar-refractivity contribution in [3.8, 4) is 11.5 Å². The number of piperidine rings is 1. The molecule has 4 nitrogen and oxygen atoms in total. The summed E-state index contributed by atoms with van der Waals surface area (Å²) in [6.45, 7) is 4.18. The van der Waals surface area contributed by atoms with Gasteiger partial charge in [-0.05, 0) is 56.0 Å². The average Bonchev–Trinajstić information content (AvgIpc) is 3.07. The predicted octanol–water partition coefficient (Wildman–Crippen LogP) is 5.55. The lowest BCUT2D eigenvalue weighted by Gasteiger charge is -2.38. The molecule has 0 aromatic heterocycles. The second kappa shape index (κ2) is 6.36. The number of fused-ring (bicyclic) bond motifs is 6. The fourth-order valence-corrected chi connectivity index (χ4v) is 5.27. The minimum absolute atomic E-state index is 0.284. The minimum atomic E-state index is -0.970. The van der Waals surface area contributed by atoms with Gasteiger partial charge in [0.2, 0.25) is 0 Å². The van der Waals surface area contributed by atoms with Crippen molar-refractivity contribution in [2.75, 3.05) is 18.0 Å². The summed E-state index contributed by atoms with van der Waals surface area (Å²) in [7, 11) is 0. The summed E-state index contributed by atoms with van der Waals surface area (Å²) in [6.07, 6.45) is 3.73. The maximum atomic E-state index is 12.9. The van der Waals surface area contributed by atoms with Crippen LogP contribution in [0.3, 0.4) is 0 Å². The number of aryl methyl sites for hydroxylation is 1. The van der Waals surface area contributed by atoms with Gasteiger partial charge in [-0.3, -0.25) is 0 Å². The Balaban J connectivity index is 1.60. The highest BCUT2D eigenvalue weighted by Crippen LogP contribution is 2.57. The highest BCUT2D eigenvalue weighted by Gasteiger charge is 2.54. The number of carbonyl (C=O) groups excluding carboxylic acids is 1. The summed E-state index contributed by atoms with van der Waals surface area (Å²) in [6, 6.07) is 20.1. The monoisotopic (exact) mass is 397 g/mol. The molecule has 1 unspecified atom stereocenters. The molecule has 1 atom stereocenters. The molecule has 3 aliphatic rings. The van der Waals surface area contributed by atoms with Gasteiger partial charge in [0.1, 0.15) is 11.5 Å². The number of rotatable bonds is 1. The number of anilines is 1. The van der Waals surface area contributed by atoms with Crippen LogP contribution in [0.2, 0.25) is 0 Å². The van der Waals surface area contributed by atoms with Crippen LogP contribution in [0.1, 0.15) is 51.9 Å². The first-order valence-corrected chi connectivity index (χ1v) is 10.7. The topological polar surface area (TPSA) is 38.8 Å². The van der Waals surface area contributed by atoms with Crippen molar-refractivity contribution in [2.24, 2.45) is 0 Å². The van der Waals surface area contributed by atoms with Crippen molar-refractivity contribution in [2.45, 2.75) is 31.8 Å². The zero-order valence-electron chi connectivity index (χ0n) is 17.0. The fraction of sp³-hybridized carbons (Fsp3) is 0.269. The Morgan fingerprint density at radius 3 is 2.57 bits per heavy atom. The lowest BCUT2D eigenvalue weighted by atomic mass is 9.76. The maximum absolute atomic E-state index is 12.9. The van der Waals surface area contributed by atoms with Crippen LogP contribution in [0.15, 0.2) is 60.7 Å². The SMILES string of the molecule is Cc1cccc2c1C1(OC(=O)c3ccccc31)c1ccc(N3CCCCC3)cc1O2. The van der Waals surface area contributed by atoms with Gasteiger partial charge in [0.25, 0.3) is 0 Å². The van der Waals surface area contributed by atoms with Gasteiger partial charge >= 0.3 is 5.97 Å². The maximum Gasteiger partial charge on any atom is 0.340 e. The lowest BCUT2D eigenvalue weighted by molar-refractivity contribution is 0.0222. The zero-order valence-corrected chi connectivity index (χ0v) is 17.0. The van der Waals surface area contributed by atoms with Crippen molar-refractivity contribution < 1.29 is 14.3 Å². The smallest absolute Gasteiger partial charge is 0.340 e. The van der Waals surface area contributed by atoms with Crippen molar-refractivity contribution in [1.82, 2.24) is 0 Å². The molecule has 1 fully saturated rings. The Labute approximate surface area is 176 Å². The van der Waals surface area contributed by atoms with Crippen LogP contribution in [0.4, 0.5) is 5.69 Å². The molecule has 3 aromatic rings. The van der Waals surface area contributed by atoms with E-state index in [1.807, 2.05) is 49.4 Å². The van der Waals surface area contributed by atoms with Crippen molar-refractivity contribution in [3.05, 3.63) is 88.5 Å². The van der Waals surface area contributed by atoms with E-state index >= 15 is 0 Å². The van der Waals surface area contributed by atoms with Crippen LogP contribution in [0, 0.1) is 6.92 Å². The molecule has 0 radical (unpaired) electrons. The molecule has 0 amide bonds. The lowest BCUT2D eigenvalue weighted by Crippen LogP contribution is -2.34. The van der Waals surface area contributed by atoms with Crippen molar-refractivity contribution in [1.29, 1.82) is 0 Å². The largest absolute Gasteiger partial charge is 0.456 e. The molecule has 3 aliphatic heterocycles. The standard InChI is InChI=1S/C26H23NO3/c1-17-8-7-11-22-24(17)26(20-10-4-3-9-19(20)25(28)30-26)21-13-12-18(16-23(21)29-22)27-14-5-2-6-15-27/h3-4,7-13,16H,2,5-6,14-15H2,1H3. The third-order valence-electron chi connectivity index (χ3n) is 6.64. The first kappa shape index (κ1) is 17.6. The predicted molar refractivity (Wildman–Crippen MR) is 115 cm³/mol. The van der Waals surface area contributed by atoms with Gasteiger partial charge in [-0.15, -0.1) is 0 Å². The van der Waals surface area contributed by atoms with E-state index in [0.29, 0.717) is 5.56 Å². The highest BCUT2D eigenvalue weighted by molar-refractivity contribution is 5.97. The molecule has 1 saturated heterocycles. The van der Waals surface area contributed by atoms with Gasteiger partial charge in [-0.1, -0.05) is 30.3 Å². The second-order valence-electron chi connectivity index (χ2n) is 8.39. The Bertz CT molecular complexity index is 1180.